The molecular formula is C51H47N6O2S+. The van der Waals surface area contributed by atoms with Crippen LogP contribution in [0.1, 0.15) is 36.8 Å². The molecule has 298 valence electrons. The zero-order valence-electron chi connectivity index (χ0n) is 33.7. The van der Waals surface area contributed by atoms with E-state index in [1.54, 1.807) is 24.3 Å². The number of hydrogen-bond acceptors (Lipinski definition) is 3. The van der Waals surface area contributed by atoms with Crippen molar-refractivity contribution in [1.29, 1.82) is 0 Å². The lowest BCUT2D eigenvalue weighted by molar-refractivity contribution is -0.671. The van der Waals surface area contributed by atoms with Gasteiger partial charge in [0.15, 0.2) is 0 Å². The molecule has 4 heterocycles. The average Bonchev–Trinajstić information content (AvgIpc) is 4.09. The van der Waals surface area contributed by atoms with Crippen LogP contribution in [0.5, 0.6) is 0 Å². The third kappa shape index (κ3) is 7.09. The van der Waals surface area contributed by atoms with E-state index in [4.69, 9.17) is 0 Å². The lowest BCUT2D eigenvalue weighted by atomic mass is 10.0. The van der Waals surface area contributed by atoms with Crippen LogP contribution in [0.4, 0.5) is 0 Å². The van der Waals surface area contributed by atoms with Crippen molar-refractivity contribution >= 4 is 53.4 Å². The summed E-state index contributed by atoms with van der Waals surface area (Å²) in [6.45, 7) is 1.98. The molecule has 0 spiro atoms. The largest absolute Gasteiger partial charge is 0.337 e. The van der Waals surface area contributed by atoms with Crippen molar-refractivity contribution < 1.29 is 13.0 Å². The van der Waals surface area contributed by atoms with E-state index >= 15 is 0 Å². The summed E-state index contributed by atoms with van der Waals surface area (Å²) < 4.78 is 39.1. The van der Waals surface area contributed by atoms with Gasteiger partial charge in [0, 0.05) is 51.9 Å². The molecule has 0 atom stereocenters. The molecule has 0 saturated heterocycles. The van der Waals surface area contributed by atoms with Crippen LogP contribution in [-0.2, 0) is 42.8 Å². The molecule has 0 radical (unpaired) electrons. The van der Waals surface area contributed by atoms with Gasteiger partial charge in [-0.1, -0.05) is 48.5 Å². The number of nitrogens with zero attached hydrogens (tertiary/aromatic N) is 6. The van der Waals surface area contributed by atoms with Gasteiger partial charge >= 0.3 is 0 Å². The van der Waals surface area contributed by atoms with Crippen molar-refractivity contribution in [1.82, 2.24) is 23.3 Å². The first-order valence-electron chi connectivity index (χ1n) is 20.9. The summed E-state index contributed by atoms with van der Waals surface area (Å²) >= 11 is 0. The molecule has 0 saturated carbocycles. The first-order valence-corrected chi connectivity index (χ1v) is 22.4. The summed E-state index contributed by atoms with van der Waals surface area (Å²) in [7, 11) is -1.72. The second-order valence-electron chi connectivity index (χ2n) is 15.9. The summed E-state index contributed by atoms with van der Waals surface area (Å²) in [4.78, 5) is 4.69. The van der Waals surface area contributed by atoms with Crippen LogP contribution >= 0.6 is 0 Å². The quantitative estimate of drug-likeness (QED) is 0.0812. The minimum atomic E-state index is -3.77. The number of para-hydroxylation sites is 2. The number of aromatic nitrogens is 6. The SMILES string of the molecule is C[n+]1ccn(CCCCc2ccc3c(c2)c2ccccc2n3-c2ccc(S(=O)(=O)c3ccc(-n4c5ccccc5c5cc(CCCCn6ccnc6)ccc54)cc3)cc2)c1. The molecule has 0 unspecified atom stereocenters. The number of rotatable bonds is 14. The fourth-order valence-corrected chi connectivity index (χ4v) is 10.2. The van der Waals surface area contributed by atoms with E-state index in [1.165, 1.54) is 32.7 Å². The van der Waals surface area contributed by atoms with Crippen molar-refractivity contribution in [3.63, 3.8) is 0 Å². The van der Waals surface area contributed by atoms with Gasteiger partial charge in [-0.25, -0.2) is 22.5 Å². The van der Waals surface area contributed by atoms with Crippen molar-refractivity contribution in [2.75, 3.05) is 0 Å². The molecule has 8 nitrogen and oxygen atoms in total. The Morgan fingerprint density at radius 3 is 1.52 bits per heavy atom. The van der Waals surface area contributed by atoms with Crippen LogP contribution in [0.2, 0.25) is 0 Å². The topological polar surface area (TPSA) is 70.6 Å². The molecule has 6 aromatic carbocycles. The highest BCUT2D eigenvalue weighted by Crippen LogP contribution is 2.36. The van der Waals surface area contributed by atoms with E-state index in [9.17, 15) is 8.42 Å². The van der Waals surface area contributed by atoms with E-state index in [0.717, 1.165) is 85.1 Å². The van der Waals surface area contributed by atoms with Crippen LogP contribution in [0, 0.1) is 0 Å². The lowest BCUT2D eigenvalue weighted by Gasteiger charge is -2.12. The fraction of sp³-hybridized carbons (Fsp3) is 0.176. The van der Waals surface area contributed by atoms with Crippen molar-refractivity contribution in [2.45, 2.75) is 61.4 Å². The molecule has 0 fully saturated rings. The van der Waals surface area contributed by atoms with Gasteiger partial charge in [0.25, 0.3) is 0 Å². The minimum Gasteiger partial charge on any atom is -0.337 e. The highest BCUT2D eigenvalue weighted by Gasteiger charge is 2.20. The van der Waals surface area contributed by atoms with Crippen LogP contribution in [0.15, 0.2) is 181 Å². The molecule has 0 N–H and O–H groups in total. The van der Waals surface area contributed by atoms with Gasteiger partial charge in [0.05, 0.1) is 51.8 Å². The van der Waals surface area contributed by atoms with Gasteiger partial charge in [0.1, 0.15) is 12.4 Å². The first-order chi connectivity index (χ1) is 29.4. The number of unbranched alkanes of at least 4 members (excludes halogenated alkanes) is 2. The van der Waals surface area contributed by atoms with Gasteiger partial charge in [-0.2, -0.15) is 0 Å². The predicted molar refractivity (Wildman–Crippen MR) is 241 cm³/mol. The van der Waals surface area contributed by atoms with E-state index in [1.807, 2.05) is 50.0 Å². The second kappa shape index (κ2) is 15.8. The normalized spacial score (nSPS) is 12.1. The van der Waals surface area contributed by atoms with Gasteiger partial charge in [-0.3, -0.25) is 0 Å². The molecule has 0 aliphatic carbocycles. The number of aryl methyl sites for hydroxylation is 5. The van der Waals surface area contributed by atoms with E-state index in [0.29, 0.717) is 0 Å². The van der Waals surface area contributed by atoms with E-state index < -0.39 is 9.84 Å². The molecule has 10 rings (SSSR count). The predicted octanol–water partition coefficient (Wildman–Crippen LogP) is 10.6. The third-order valence-corrected chi connectivity index (χ3v) is 13.7. The molecule has 0 bridgehead atoms. The Hall–Kier alpha value is -6.71. The smallest absolute Gasteiger partial charge is 0.243 e. The van der Waals surface area contributed by atoms with Crippen LogP contribution in [0.25, 0.3) is 55.0 Å². The number of imidazole rings is 2. The highest BCUT2D eigenvalue weighted by molar-refractivity contribution is 7.91. The summed E-state index contributed by atoms with van der Waals surface area (Å²) in [5.41, 5.74) is 8.88. The summed E-state index contributed by atoms with van der Waals surface area (Å²) in [6.07, 6.45) is 18.5. The molecule has 9 heteroatoms. The average molecular weight is 808 g/mol. The number of benzene rings is 6. The summed E-state index contributed by atoms with van der Waals surface area (Å²) in [5.74, 6) is 0. The van der Waals surface area contributed by atoms with E-state index in [2.05, 4.69) is 131 Å². The number of sulfone groups is 1. The highest BCUT2D eigenvalue weighted by atomic mass is 32.2. The molecule has 4 aromatic heterocycles. The minimum absolute atomic E-state index is 0.268. The second-order valence-corrected chi connectivity index (χ2v) is 17.9. The van der Waals surface area contributed by atoms with Crippen molar-refractivity contribution in [3.05, 3.63) is 182 Å². The zero-order chi connectivity index (χ0) is 40.6. The Balaban J connectivity index is 0.885. The first kappa shape index (κ1) is 37.6. The zero-order valence-corrected chi connectivity index (χ0v) is 34.5. The molecule has 0 amide bonds. The van der Waals surface area contributed by atoms with Gasteiger partial charge < -0.3 is 13.7 Å². The number of hydrogen-bond donors (Lipinski definition) is 0. The van der Waals surface area contributed by atoms with Crippen molar-refractivity contribution in [2.24, 2.45) is 7.05 Å². The molecule has 10 aromatic rings. The maximum absolute atomic E-state index is 14.1. The van der Waals surface area contributed by atoms with E-state index in [-0.39, 0.29) is 9.79 Å². The lowest BCUT2D eigenvalue weighted by Crippen LogP contribution is -2.23. The third-order valence-electron chi connectivity index (χ3n) is 11.9. The van der Waals surface area contributed by atoms with Crippen LogP contribution in [0.3, 0.4) is 0 Å². The molecule has 60 heavy (non-hydrogen) atoms. The Morgan fingerprint density at radius 2 is 1.03 bits per heavy atom. The number of fused-ring (bicyclic) bond motifs is 6. The Kier molecular flexibility index (Phi) is 9.89. The van der Waals surface area contributed by atoms with Gasteiger partial charge in [0.2, 0.25) is 16.2 Å². The summed E-state index contributed by atoms with van der Waals surface area (Å²) in [5, 5.41) is 4.78. The molecule has 0 aliphatic heterocycles. The van der Waals surface area contributed by atoms with Gasteiger partial charge in [-0.15, -0.1) is 0 Å². The Bertz CT molecular complexity index is 3230. The summed E-state index contributed by atoms with van der Waals surface area (Å²) in [6, 6.07) is 45.1. The monoisotopic (exact) mass is 807 g/mol. The van der Waals surface area contributed by atoms with Crippen LogP contribution < -0.4 is 4.57 Å². The van der Waals surface area contributed by atoms with Crippen molar-refractivity contribution in [3.8, 4) is 11.4 Å². The van der Waals surface area contributed by atoms with Gasteiger partial charge in [-0.05, 0) is 135 Å². The standard InChI is InChI=1S/C51H47N6O2S/c1-53-32-33-55(37-53)30-9-7-11-39-17-27-51-47(35-39)45-13-3-5-15-49(45)57(51)41-20-24-43(25-21-41)60(58,59)42-22-18-40(19-23-42)56-48-14-4-2-12-44(48)46-34-38(16-26-50(46)56)10-6-8-29-54-31-28-52-36-54/h2-5,12-28,31-37H,6-11,29-30H2,1H3/q+1. The Labute approximate surface area is 350 Å². The molecule has 0 aliphatic rings. The maximum Gasteiger partial charge on any atom is 0.243 e. The molecular weight excluding hydrogens is 761 g/mol. The Morgan fingerprint density at radius 1 is 0.533 bits per heavy atom. The van der Waals surface area contributed by atoms with Crippen LogP contribution in [-0.4, -0.2) is 31.7 Å². The maximum atomic E-state index is 14.1. The fourth-order valence-electron chi connectivity index (χ4n) is 8.89.